The fourth-order valence-corrected chi connectivity index (χ4v) is 1.37. The molecule has 4 nitrogen and oxygen atoms in total. The van der Waals surface area contributed by atoms with Gasteiger partial charge in [-0.05, 0) is 12.8 Å². The number of aliphatic carboxylic acids is 2. The van der Waals surface area contributed by atoms with E-state index >= 15 is 0 Å². The van der Waals surface area contributed by atoms with Gasteiger partial charge >= 0.3 is 11.9 Å². The molecule has 2 unspecified atom stereocenters. The molecular weight excluding hydrogens is 308 g/mol. The lowest BCUT2D eigenvalue weighted by molar-refractivity contribution is -0.136. The summed E-state index contributed by atoms with van der Waals surface area (Å²) < 4.78 is 0. The van der Waals surface area contributed by atoms with E-state index in [-0.39, 0.29) is 0 Å². The summed E-state index contributed by atoms with van der Waals surface area (Å²) in [5, 5.41) is 17.0. The molecule has 0 aromatic heterocycles. The summed E-state index contributed by atoms with van der Waals surface area (Å²) >= 11 is 5.93. The lowest BCUT2D eigenvalue weighted by Crippen LogP contribution is -2.15. The maximum atomic E-state index is 10.3. The zero-order valence-electron chi connectivity index (χ0n) is 6.74. The monoisotopic (exact) mass is 316 g/mol. The van der Waals surface area contributed by atoms with Gasteiger partial charge in [0.1, 0.15) is 9.65 Å². The molecule has 0 amide bonds. The van der Waals surface area contributed by atoms with Crippen LogP contribution in [0.15, 0.2) is 0 Å². The number of carbonyl (C=O) groups is 2. The van der Waals surface area contributed by atoms with Crippen LogP contribution in [0.25, 0.3) is 0 Å². The molecule has 0 aliphatic rings. The van der Waals surface area contributed by atoms with E-state index in [1.54, 1.807) is 0 Å². The number of carboxylic acids is 2. The van der Waals surface area contributed by atoms with E-state index in [9.17, 15) is 9.59 Å². The van der Waals surface area contributed by atoms with Gasteiger partial charge in [-0.2, -0.15) is 0 Å². The highest BCUT2D eigenvalue weighted by atomic mass is 79.9. The SMILES string of the molecule is O=C(O)C(Br)CCCC(Br)C(=O)O. The first-order valence-corrected chi connectivity index (χ1v) is 5.52. The third-order valence-corrected chi connectivity index (χ3v) is 3.15. The highest BCUT2D eigenvalue weighted by Crippen LogP contribution is 2.15. The van der Waals surface area contributed by atoms with Gasteiger partial charge in [-0.1, -0.05) is 38.3 Å². The summed E-state index contributed by atoms with van der Waals surface area (Å²) in [6.07, 6.45) is 1.43. The Morgan fingerprint density at radius 3 is 1.54 bits per heavy atom. The Kier molecular flexibility index (Phi) is 6.32. The quantitative estimate of drug-likeness (QED) is 0.733. The molecule has 13 heavy (non-hydrogen) atoms. The third-order valence-electron chi connectivity index (χ3n) is 1.45. The Morgan fingerprint density at radius 2 is 1.31 bits per heavy atom. The van der Waals surface area contributed by atoms with Crippen LogP contribution in [-0.4, -0.2) is 31.8 Å². The van der Waals surface area contributed by atoms with Crippen molar-refractivity contribution in [3.8, 4) is 0 Å². The number of carboxylic acid groups (broad SMARTS) is 2. The van der Waals surface area contributed by atoms with E-state index in [1.165, 1.54) is 0 Å². The standard InChI is InChI=1S/C7H10Br2O4/c8-4(6(10)11)2-1-3-5(9)7(12)13/h4-5H,1-3H2,(H,10,11)(H,12,13). The second kappa shape index (κ2) is 6.37. The van der Waals surface area contributed by atoms with Gasteiger partial charge in [-0.3, -0.25) is 9.59 Å². The minimum Gasteiger partial charge on any atom is -0.480 e. The summed E-state index contributed by atoms with van der Waals surface area (Å²) in [4.78, 5) is 19.5. The van der Waals surface area contributed by atoms with Crippen LogP contribution in [0.1, 0.15) is 19.3 Å². The second-order valence-corrected chi connectivity index (χ2v) is 4.75. The molecular formula is C7H10Br2O4. The van der Waals surface area contributed by atoms with Crippen molar-refractivity contribution in [2.45, 2.75) is 28.9 Å². The van der Waals surface area contributed by atoms with Crippen LogP contribution in [-0.2, 0) is 9.59 Å². The molecule has 2 N–H and O–H groups in total. The topological polar surface area (TPSA) is 74.6 Å². The molecule has 76 valence electrons. The highest BCUT2D eigenvalue weighted by molar-refractivity contribution is 9.10. The Morgan fingerprint density at radius 1 is 1.00 bits per heavy atom. The van der Waals surface area contributed by atoms with Crippen LogP contribution in [0.5, 0.6) is 0 Å². The van der Waals surface area contributed by atoms with Crippen LogP contribution in [0.3, 0.4) is 0 Å². The first-order valence-electron chi connectivity index (χ1n) is 3.69. The lowest BCUT2D eigenvalue weighted by atomic mass is 10.1. The molecule has 0 rings (SSSR count). The van der Waals surface area contributed by atoms with Crippen LogP contribution < -0.4 is 0 Å². The van der Waals surface area contributed by atoms with Crippen molar-refractivity contribution in [3.05, 3.63) is 0 Å². The Hall–Kier alpha value is -0.100. The highest BCUT2D eigenvalue weighted by Gasteiger charge is 2.16. The van der Waals surface area contributed by atoms with Gasteiger partial charge in [0.15, 0.2) is 0 Å². The third kappa shape index (κ3) is 6.04. The van der Waals surface area contributed by atoms with Crippen molar-refractivity contribution < 1.29 is 19.8 Å². The summed E-state index contributed by atoms with van der Waals surface area (Å²) in [6.45, 7) is 0. The van der Waals surface area contributed by atoms with Gasteiger partial charge in [-0.25, -0.2) is 0 Å². The first-order chi connectivity index (χ1) is 5.95. The molecule has 6 heteroatoms. The zero-order valence-corrected chi connectivity index (χ0v) is 9.91. The first kappa shape index (κ1) is 12.9. The maximum Gasteiger partial charge on any atom is 0.317 e. The van der Waals surface area contributed by atoms with E-state index in [2.05, 4.69) is 31.9 Å². The lowest BCUT2D eigenvalue weighted by Gasteiger charge is -2.05. The van der Waals surface area contributed by atoms with E-state index in [0.29, 0.717) is 19.3 Å². The largest absolute Gasteiger partial charge is 0.480 e. The van der Waals surface area contributed by atoms with Crippen LogP contribution in [0, 0.1) is 0 Å². The molecule has 0 radical (unpaired) electrons. The smallest absolute Gasteiger partial charge is 0.317 e. The number of hydrogen-bond donors (Lipinski definition) is 2. The number of hydrogen-bond acceptors (Lipinski definition) is 2. The molecule has 0 fully saturated rings. The molecule has 0 aromatic carbocycles. The van der Waals surface area contributed by atoms with Gasteiger partial charge in [0.05, 0.1) is 0 Å². The van der Waals surface area contributed by atoms with Crippen molar-refractivity contribution in [1.29, 1.82) is 0 Å². The van der Waals surface area contributed by atoms with Crippen LogP contribution in [0.4, 0.5) is 0 Å². The minimum absolute atomic E-state index is 0.435. The molecule has 0 bridgehead atoms. The Labute approximate surface area is 92.6 Å². The van der Waals surface area contributed by atoms with E-state index in [0.717, 1.165) is 0 Å². The van der Waals surface area contributed by atoms with Crippen molar-refractivity contribution in [1.82, 2.24) is 0 Å². The number of halogens is 2. The summed E-state index contributed by atoms with van der Waals surface area (Å²) in [5.74, 6) is -1.83. The summed E-state index contributed by atoms with van der Waals surface area (Å²) in [7, 11) is 0. The molecule has 0 aliphatic heterocycles. The fraction of sp³-hybridized carbons (Fsp3) is 0.714. The fourth-order valence-electron chi connectivity index (χ4n) is 0.723. The molecule has 0 heterocycles. The number of rotatable bonds is 6. The van der Waals surface area contributed by atoms with Crippen molar-refractivity contribution in [2.24, 2.45) is 0 Å². The molecule has 2 atom stereocenters. The van der Waals surface area contributed by atoms with E-state index in [4.69, 9.17) is 10.2 Å². The molecule has 0 aromatic rings. The van der Waals surface area contributed by atoms with E-state index in [1.807, 2.05) is 0 Å². The predicted molar refractivity (Wildman–Crippen MR) is 54.6 cm³/mol. The minimum atomic E-state index is -0.915. The van der Waals surface area contributed by atoms with Crippen LogP contribution >= 0.6 is 31.9 Å². The molecule has 0 aliphatic carbocycles. The van der Waals surface area contributed by atoms with Gasteiger partial charge in [-0.15, -0.1) is 0 Å². The van der Waals surface area contributed by atoms with Gasteiger partial charge in [0.2, 0.25) is 0 Å². The Balaban J connectivity index is 3.56. The number of alkyl halides is 2. The van der Waals surface area contributed by atoms with Gasteiger partial charge in [0, 0.05) is 0 Å². The van der Waals surface area contributed by atoms with Gasteiger partial charge in [0.25, 0.3) is 0 Å². The average molecular weight is 318 g/mol. The van der Waals surface area contributed by atoms with Crippen molar-refractivity contribution in [2.75, 3.05) is 0 Å². The predicted octanol–water partition coefficient (Wildman–Crippen LogP) is 1.85. The molecule has 0 saturated heterocycles. The normalized spacial score (nSPS) is 14.9. The van der Waals surface area contributed by atoms with Crippen LogP contribution in [0.2, 0.25) is 0 Å². The Bertz CT molecular complexity index is 175. The van der Waals surface area contributed by atoms with E-state index < -0.39 is 21.6 Å². The summed E-state index contributed by atoms with van der Waals surface area (Å²) in [5.41, 5.74) is 0. The van der Waals surface area contributed by atoms with Gasteiger partial charge < -0.3 is 10.2 Å². The second-order valence-electron chi connectivity index (χ2n) is 2.54. The molecule has 0 spiro atoms. The zero-order chi connectivity index (χ0) is 10.4. The van der Waals surface area contributed by atoms with Crippen molar-refractivity contribution in [3.63, 3.8) is 0 Å². The average Bonchev–Trinajstić information content (AvgIpc) is 2.03. The summed E-state index contributed by atoms with van der Waals surface area (Å²) in [6, 6.07) is 0. The maximum absolute atomic E-state index is 10.3. The van der Waals surface area contributed by atoms with Crippen molar-refractivity contribution >= 4 is 43.8 Å². The molecule has 0 saturated carbocycles.